The van der Waals surface area contributed by atoms with Crippen molar-refractivity contribution >= 4 is 27.5 Å². The molecular formula is C20H21N3OS. The van der Waals surface area contributed by atoms with E-state index in [0.29, 0.717) is 0 Å². The third-order valence-corrected chi connectivity index (χ3v) is 6.77. The molecule has 128 valence electrons. The van der Waals surface area contributed by atoms with Crippen LogP contribution in [0.5, 0.6) is 0 Å². The number of aromatic nitrogens is 2. The van der Waals surface area contributed by atoms with Gasteiger partial charge in [0.05, 0.1) is 5.39 Å². The summed E-state index contributed by atoms with van der Waals surface area (Å²) >= 11 is 1.74. The fourth-order valence-electron chi connectivity index (χ4n) is 4.22. The summed E-state index contributed by atoms with van der Waals surface area (Å²) in [5.41, 5.74) is 4.15. The van der Waals surface area contributed by atoms with E-state index in [4.69, 9.17) is 4.98 Å². The molecule has 0 spiro atoms. The number of rotatable bonds is 1. The van der Waals surface area contributed by atoms with Gasteiger partial charge in [-0.2, -0.15) is 0 Å². The molecule has 0 saturated heterocycles. The molecule has 3 heterocycles. The third kappa shape index (κ3) is 2.33. The molecule has 4 nitrogen and oxygen atoms in total. The number of fused-ring (bicyclic) bond motifs is 4. The molecule has 5 heteroatoms. The Hall–Kier alpha value is -2.14. The molecule has 0 bridgehead atoms. The first-order valence-corrected chi connectivity index (χ1v) is 9.87. The van der Waals surface area contributed by atoms with E-state index in [1.807, 2.05) is 7.05 Å². The summed E-state index contributed by atoms with van der Waals surface area (Å²) in [5, 5.41) is 0.878. The Morgan fingerprint density at radius 2 is 1.88 bits per heavy atom. The van der Waals surface area contributed by atoms with Crippen molar-refractivity contribution in [3.05, 3.63) is 56.2 Å². The summed E-state index contributed by atoms with van der Waals surface area (Å²) in [4.78, 5) is 22.6. The number of nitrogens with zero attached hydrogens (tertiary/aromatic N) is 3. The number of hydrogen-bond acceptors (Lipinski definition) is 4. The highest BCUT2D eigenvalue weighted by molar-refractivity contribution is 7.18. The number of hydrogen-bond donors (Lipinski definition) is 0. The highest BCUT2D eigenvalue weighted by Gasteiger charge is 2.24. The first-order valence-electron chi connectivity index (χ1n) is 9.05. The first kappa shape index (κ1) is 15.1. The van der Waals surface area contributed by atoms with Gasteiger partial charge in [-0.15, -0.1) is 11.3 Å². The van der Waals surface area contributed by atoms with Gasteiger partial charge < -0.3 is 4.90 Å². The van der Waals surface area contributed by atoms with Crippen LogP contribution in [-0.2, 0) is 32.9 Å². The maximum absolute atomic E-state index is 13.1. The molecule has 0 fully saturated rings. The van der Waals surface area contributed by atoms with E-state index < -0.39 is 0 Å². The third-order valence-electron chi connectivity index (χ3n) is 5.59. The van der Waals surface area contributed by atoms with Gasteiger partial charge in [-0.05, 0) is 48.8 Å². The lowest BCUT2D eigenvalue weighted by Gasteiger charge is -2.30. The molecule has 2 aliphatic rings. The second-order valence-corrected chi connectivity index (χ2v) is 8.19. The van der Waals surface area contributed by atoms with Crippen molar-refractivity contribution in [2.24, 2.45) is 7.05 Å². The molecule has 0 saturated carbocycles. The van der Waals surface area contributed by atoms with E-state index in [2.05, 4.69) is 29.2 Å². The van der Waals surface area contributed by atoms with Gasteiger partial charge in [-0.25, -0.2) is 4.98 Å². The fraction of sp³-hybridized carbons (Fsp3) is 0.400. The highest BCUT2D eigenvalue weighted by atomic mass is 32.1. The van der Waals surface area contributed by atoms with Crippen molar-refractivity contribution < 1.29 is 0 Å². The van der Waals surface area contributed by atoms with Crippen LogP contribution >= 0.6 is 11.3 Å². The van der Waals surface area contributed by atoms with E-state index in [-0.39, 0.29) is 5.56 Å². The Labute approximate surface area is 150 Å². The van der Waals surface area contributed by atoms with Gasteiger partial charge in [0.25, 0.3) is 5.56 Å². The Balaban J connectivity index is 1.63. The predicted octanol–water partition coefficient (Wildman–Crippen LogP) is 3.44. The summed E-state index contributed by atoms with van der Waals surface area (Å²) in [7, 11) is 1.87. The monoisotopic (exact) mass is 351 g/mol. The topological polar surface area (TPSA) is 38.1 Å². The largest absolute Gasteiger partial charge is 0.337 e. The molecule has 0 amide bonds. The number of thiophene rings is 1. The van der Waals surface area contributed by atoms with Crippen molar-refractivity contribution in [1.29, 1.82) is 0 Å². The van der Waals surface area contributed by atoms with Gasteiger partial charge in [-0.3, -0.25) is 9.36 Å². The number of aryl methyl sites for hydroxylation is 2. The molecular weight excluding hydrogens is 330 g/mol. The minimum atomic E-state index is 0.123. The van der Waals surface area contributed by atoms with Gasteiger partial charge >= 0.3 is 0 Å². The second-order valence-electron chi connectivity index (χ2n) is 7.11. The standard InChI is InChI=1S/C20H21N3OS/c1-22-19(24)17-15-8-4-5-9-16(15)25-18(17)21-20(22)23-11-10-13-6-2-3-7-14(13)12-23/h2-3,6-7H,4-5,8-12H2,1H3. The van der Waals surface area contributed by atoms with E-state index in [0.717, 1.165) is 48.5 Å². The molecule has 3 aromatic rings. The van der Waals surface area contributed by atoms with E-state index in [9.17, 15) is 4.79 Å². The van der Waals surface area contributed by atoms with Gasteiger partial charge in [0, 0.05) is 25.0 Å². The van der Waals surface area contributed by atoms with Crippen LogP contribution in [0.2, 0.25) is 0 Å². The second kappa shape index (κ2) is 5.70. The van der Waals surface area contributed by atoms with Crippen LogP contribution in [0.25, 0.3) is 10.2 Å². The van der Waals surface area contributed by atoms with E-state index in [1.165, 1.54) is 34.4 Å². The molecule has 2 aromatic heterocycles. The SMILES string of the molecule is Cn1c(N2CCc3ccccc3C2)nc2sc3c(c2c1=O)CCCC3. The van der Waals surface area contributed by atoms with Crippen molar-refractivity contribution in [3.63, 3.8) is 0 Å². The lowest BCUT2D eigenvalue weighted by atomic mass is 9.97. The Morgan fingerprint density at radius 3 is 2.76 bits per heavy atom. The van der Waals surface area contributed by atoms with Crippen molar-refractivity contribution in [2.75, 3.05) is 11.4 Å². The molecule has 5 rings (SSSR count). The molecule has 1 aliphatic heterocycles. The van der Waals surface area contributed by atoms with Crippen LogP contribution in [0.4, 0.5) is 5.95 Å². The van der Waals surface area contributed by atoms with Crippen molar-refractivity contribution in [2.45, 2.75) is 38.6 Å². The molecule has 0 radical (unpaired) electrons. The summed E-state index contributed by atoms with van der Waals surface area (Å²) in [6.45, 7) is 1.74. The summed E-state index contributed by atoms with van der Waals surface area (Å²) in [6.07, 6.45) is 5.56. The summed E-state index contributed by atoms with van der Waals surface area (Å²) < 4.78 is 1.76. The molecule has 1 aromatic carbocycles. The van der Waals surface area contributed by atoms with Crippen LogP contribution < -0.4 is 10.5 Å². The molecule has 0 atom stereocenters. The Morgan fingerprint density at radius 1 is 1.08 bits per heavy atom. The molecule has 25 heavy (non-hydrogen) atoms. The lowest BCUT2D eigenvalue weighted by molar-refractivity contribution is 0.673. The quantitative estimate of drug-likeness (QED) is 0.674. The molecule has 0 unspecified atom stereocenters. The Kier molecular flexibility index (Phi) is 3.45. The first-order chi connectivity index (χ1) is 12.2. The highest BCUT2D eigenvalue weighted by Crippen LogP contribution is 2.35. The maximum Gasteiger partial charge on any atom is 0.263 e. The van der Waals surface area contributed by atoms with Crippen molar-refractivity contribution in [3.8, 4) is 0 Å². The number of benzene rings is 1. The van der Waals surface area contributed by atoms with Crippen LogP contribution in [0.15, 0.2) is 29.1 Å². The van der Waals surface area contributed by atoms with Crippen LogP contribution in [0.1, 0.15) is 34.4 Å². The Bertz CT molecular complexity index is 1030. The zero-order chi connectivity index (χ0) is 17.0. The predicted molar refractivity (Wildman–Crippen MR) is 103 cm³/mol. The zero-order valence-electron chi connectivity index (χ0n) is 14.4. The normalized spacial score (nSPS) is 16.8. The zero-order valence-corrected chi connectivity index (χ0v) is 15.2. The van der Waals surface area contributed by atoms with Gasteiger partial charge in [0.2, 0.25) is 5.95 Å². The fourth-order valence-corrected chi connectivity index (χ4v) is 5.47. The minimum absolute atomic E-state index is 0.123. The van der Waals surface area contributed by atoms with E-state index >= 15 is 0 Å². The minimum Gasteiger partial charge on any atom is -0.337 e. The number of anilines is 1. The summed E-state index contributed by atoms with van der Waals surface area (Å²) in [5.74, 6) is 0.811. The van der Waals surface area contributed by atoms with Crippen LogP contribution in [-0.4, -0.2) is 16.1 Å². The van der Waals surface area contributed by atoms with Crippen LogP contribution in [0, 0.1) is 0 Å². The molecule has 0 N–H and O–H groups in total. The van der Waals surface area contributed by atoms with Gasteiger partial charge in [0.1, 0.15) is 4.83 Å². The van der Waals surface area contributed by atoms with Gasteiger partial charge in [-0.1, -0.05) is 24.3 Å². The van der Waals surface area contributed by atoms with Crippen LogP contribution in [0.3, 0.4) is 0 Å². The lowest BCUT2D eigenvalue weighted by Crippen LogP contribution is -2.35. The smallest absolute Gasteiger partial charge is 0.263 e. The van der Waals surface area contributed by atoms with Gasteiger partial charge in [0.15, 0.2) is 0 Å². The van der Waals surface area contributed by atoms with Crippen molar-refractivity contribution in [1.82, 2.24) is 9.55 Å². The average Bonchev–Trinajstić information content (AvgIpc) is 3.03. The summed E-state index contributed by atoms with van der Waals surface area (Å²) in [6, 6.07) is 8.58. The average molecular weight is 351 g/mol. The van der Waals surface area contributed by atoms with E-state index in [1.54, 1.807) is 15.9 Å². The molecule has 1 aliphatic carbocycles. The maximum atomic E-state index is 13.1.